The van der Waals surface area contributed by atoms with Gasteiger partial charge in [-0.2, -0.15) is 0 Å². The van der Waals surface area contributed by atoms with Gasteiger partial charge in [-0.3, -0.25) is 9.59 Å². The van der Waals surface area contributed by atoms with Gasteiger partial charge in [0.05, 0.1) is 19.1 Å². The van der Waals surface area contributed by atoms with Crippen molar-refractivity contribution >= 4 is 11.9 Å². The summed E-state index contributed by atoms with van der Waals surface area (Å²) in [6.07, 6.45) is 1.69. The van der Waals surface area contributed by atoms with Crippen LogP contribution in [0.3, 0.4) is 0 Å². The average Bonchev–Trinajstić information content (AvgIpc) is 2.64. The van der Waals surface area contributed by atoms with Gasteiger partial charge in [-0.1, -0.05) is 0 Å². The van der Waals surface area contributed by atoms with Gasteiger partial charge in [-0.25, -0.2) is 0 Å². The van der Waals surface area contributed by atoms with Crippen LogP contribution in [0.15, 0.2) is 12.3 Å². The van der Waals surface area contributed by atoms with Gasteiger partial charge < -0.3 is 15.0 Å². The van der Waals surface area contributed by atoms with Crippen molar-refractivity contribution < 1.29 is 14.3 Å². The van der Waals surface area contributed by atoms with Gasteiger partial charge in [0.25, 0.3) is 5.91 Å². The van der Waals surface area contributed by atoms with Gasteiger partial charge in [-0.05, 0) is 6.07 Å². The molecule has 0 unspecified atom stereocenters. The summed E-state index contributed by atoms with van der Waals surface area (Å²) < 4.78 is 4.50. The normalized spacial score (nSPS) is 9.57. The number of carbonyl (C=O) groups is 2. The van der Waals surface area contributed by atoms with Crippen LogP contribution < -0.4 is 5.32 Å². The smallest absolute Gasteiger partial charge is 0.311 e. The van der Waals surface area contributed by atoms with Crippen LogP contribution in [-0.2, 0) is 16.0 Å². The lowest BCUT2D eigenvalue weighted by Gasteiger charge is -2.01. The first-order valence-electron chi connectivity index (χ1n) is 4.14. The Kier molecular flexibility index (Phi) is 3.28. The molecule has 0 radical (unpaired) electrons. The maximum absolute atomic E-state index is 11.3. The topological polar surface area (TPSA) is 71.2 Å². The molecule has 1 amide bonds. The number of rotatable bonds is 3. The summed E-state index contributed by atoms with van der Waals surface area (Å²) in [4.78, 5) is 25.1. The zero-order valence-corrected chi connectivity index (χ0v) is 8.09. The number of ether oxygens (including phenoxy) is 1. The van der Waals surface area contributed by atoms with Crippen LogP contribution in [0.25, 0.3) is 0 Å². The van der Waals surface area contributed by atoms with E-state index in [4.69, 9.17) is 0 Å². The highest BCUT2D eigenvalue weighted by Gasteiger charge is 2.13. The number of hydrogen-bond donors (Lipinski definition) is 2. The molecule has 0 saturated carbocycles. The third-order valence-corrected chi connectivity index (χ3v) is 1.85. The first-order valence-corrected chi connectivity index (χ1v) is 4.14. The summed E-state index contributed by atoms with van der Waals surface area (Å²) in [5.74, 6) is -0.595. The molecule has 0 aromatic carbocycles. The number of H-pyrrole nitrogens is 1. The predicted octanol–water partition coefficient (Wildman–Crippen LogP) is 0.0898. The maximum atomic E-state index is 11.3. The number of esters is 1. The van der Waals surface area contributed by atoms with Crippen molar-refractivity contribution in [2.45, 2.75) is 6.42 Å². The van der Waals surface area contributed by atoms with E-state index in [0.717, 1.165) is 0 Å². The lowest BCUT2D eigenvalue weighted by molar-refractivity contribution is -0.139. The first kappa shape index (κ1) is 10.3. The summed E-state index contributed by atoms with van der Waals surface area (Å²) in [5, 5.41) is 2.49. The van der Waals surface area contributed by atoms with Crippen LogP contribution in [0.4, 0.5) is 0 Å². The Bertz CT molecular complexity index is 344. The average molecular weight is 196 g/mol. The molecule has 14 heavy (non-hydrogen) atoms. The second kappa shape index (κ2) is 4.45. The molecule has 0 atom stereocenters. The molecule has 5 heteroatoms. The summed E-state index contributed by atoms with van der Waals surface area (Å²) >= 11 is 0. The third kappa shape index (κ3) is 2.12. The highest BCUT2D eigenvalue weighted by Crippen LogP contribution is 2.07. The van der Waals surface area contributed by atoms with E-state index in [1.807, 2.05) is 0 Å². The monoisotopic (exact) mass is 196 g/mol. The summed E-state index contributed by atoms with van der Waals surface area (Å²) in [7, 11) is 2.85. The van der Waals surface area contributed by atoms with E-state index in [1.54, 1.807) is 12.3 Å². The number of carbonyl (C=O) groups excluding carboxylic acids is 2. The summed E-state index contributed by atoms with van der Waals surface area (Å²) in [6, 6.07) is 1.62. The molecule has 0 aliphatic carbocycles. The van der Waals surface area contributed by atoms with Crippen molar-refractivity contribution in [3.8, 4) is 0 Å². The van der Waals surface area contributed by atoms with E-state index >= 15 is 0 Å². The van der Waals surface area contributed by atoms with Crippen LogP contribution in [0.1, 0.15) is 16.1 Å². The van der Waals surface area contributed by atoms with Gasteiger partial charge in [0, 0.05) is 18.9 Å². The van der Waals surface area contributed by atoms with E-state index in [9.17, 15) is 9.59 Å². The first-order chi connectivity index (χ1) is 6.69. The molecule has 0 bridgehead atoms. The molecule has 76 valence electrons. The lowest BCUT2D eigenvalue weighted by Crippen LogP contribution is -2.19. The lowest BCUT2D eigenvalue weighted by atomic mass is 10.2. The zero-order valence-electron chi connectivity index (χ0n) is 8.09. The SMILES string of the molecule is CNC(=O)c1cc[nH]c1CC(=O)OC. The van der Waals surface area contributed by atoms with Crippen molar-refractivity contribution in [2.75, 3.05) is 14.2 Å². The molecule has 1 aromatic rings. The highest BCUT2D eigenvalue weighted by molar-refractivity contribution is 5.96. The van der Waals surface area contributed by atoms with Gasteiger partial charge in [0.1, 0.15) is 0 Å². The Morgan fingerprint density at radius 2 is 2.29 bits per heavy atom. The summed E-state index contributed by atoms with van der Waals surface area (Å²) in [6.45, 7) is 0. The van der Waals surface area contributed by atoms with Crippen LogP contribution in [-0.4, -0.2) is 31.0 Å². The fourth-order valence-corrected chi connectivity index (χ4v) is 1.11. The van der Waals surface area contributed by atoms with E-state index in [-0.39, 0.29) is 18.3 Å². The largest absolute Gasteiger partial charge is 0.469 e. The van der Waals surface area contributed by atoms with E-state index < -0.39 is 0 Å². The molecule has 5 nitrogen and oxygen atoms in total. The molecular weight excluding hydrogens is 184 g/mol. The molecule has 0 fully saturated rings. The van der Waals surface area contributed by atoms with Crippen LogP contribution in [0, 0.1) is 0 Å². The standard InChI is InChI=1S/C9H12N2O3/c1-10-9(13)6-3-4-11-7(6)5-8(12)14-2/h3-4,11H,5H2,1-2H3,(H,10,13). The van der Waals surface area contributed by atoms with Crippen LogP contribution >= 0.6 is 0 Å². The van der Waals surface area contributed by atoms with Crippen molar-refractivity contribution in [3.05, 3.63) is 23.5 Å². The molecule has 1 rings (SSSR count). The number of amides is 1. The van der Waals surface area contributed by atoms with Crippen molar-refractivity contribution in [2.24, 2.45) is 0 Å². The number of hydrogen-bond acceptors (Lipinski definition) is 3. The third-order valence-electron chi connectivity index (χ3n) is 1.85. The van der Waals surface area contributed by atoms with Gasteiger partial charge >= 0.3 is 5.97 Å². The molecule has 0 saturated heterocycles. The molecule has 0 aliphatic rings. The minimum absolute atomic E-state index is 0.0756. The minimum Gasteiger partial charge on any atom is -0.469 e. The van der Waals surface area contributed by atoms with E-state index in [0.29, 0.717) is 11.3 Å². The van der Waals surface area contributed by atoms with E-state index in [2.05, 4.69) is 15.0 Å². The van der Waals surface area contributed by atoms with Crippen LogP contribution in [0.5, 0.6) is 0 Å². The van der Waals surface area contributed by atoms with Gasteiger partial charge in [-0.15, -0.1) is 0 Å². The van der Waals surface area contributed by atoms with E-state index in [1.165, 1.54) is 14.2 Å². The number of aromatic nitrogens is 1. The summed E-state index contributed by atoms with van der Waals surface area (Å²) in [5.41, 5.74) is 1.04. The van der Waals surface area contributed by atoms with Crippen molar-refractivity contribution in [1.82, 2.24) is 10.3 Å². The minimum atomic E-state index is -0.377. The van der Waals surface area contributed by atoms with Gasteiger partial charge in [0.2, 0.25) is 0 Å². The maximum Gasteiger partial charge on any atom is 0.311 e. The Hall–Kier alpha value is -1.78. The molecular formula is C9H12N2O3. The Morgan fingerprint density at radius 3 is 2.86 bits per heavy atom. The second-order valence-corrected chi connectivity index (χ2v) is 2.70. The van der Waals surface area contributed by atoms with Crippen molar-refractivity contribution in [1.29, 1.82) is 0 Å². The molecule has 0 aliphatic heterocycles. The number of nitrogens with one attached hydrogen (secondary N) is 2. The second-order valence-electron chi connectivity index (χ2n) is 2.70. The quantitative estimate of drug-likeness (QED) is 0.673. The molecule has 2 N–H and O–H groups in total. The fourth-order valence-electron chi connectivity index (χ4n) is 1.11. The Balaban J connectivity index is 2.82. The zero-order chi connectivity index (χ0) is 10.6. The van der Waals surface area contributed by atoms with Crippen LogP contribution in [0.2, 0.25) is 0 Å². The Morgan fingerprint density at radius 1 is 1.57 bits per heavy atom. The van der Waals surface area contributed by atoms with Gasteiger partial charge in [0.15, 0.2) is 0 Å². The number of aromatic amines is 1. The molecule has 1 heterocycles. The molecule has 1 aromatic heterocycles. The predicted molar refractivity (Wildman–Crippen MR) is 49.9 cm³/mol. The Labute approximate surface area is 81.5 Å². The number of methoxy groups -OCH3 is 1. The fraction of sp³-hybridized carbons (Fsp3) is 0.333. The highest BCUT2D eigenvalue weighted by atomic mass is 16.5. The van der Waals surface area contributed by atoms with Crippen molar-refractivity contribution in [3.63, 3.8) is 0 Å². The molecule has 0 spiro atoms.